The first-order chi connectivity index (χ1) is 15.4. The molecule has 0 aromatic rings. The normalized spacial score (nSPS) is 9.57. The van der Waals surface area contributed by atoms with Gasteiger partial charge in [-0.05, 0) is 34.1 Å². The number of carboxylic acid groups (broad SMARTS) is 1. The zero-order chi connectivity index (χ0) is 26.9. The second kappa shape index (κ2) is 31.8. The van der Waals surface area contributed by atoms with E-state index in [1.54, 1.807) is 29.9 Å². The molecule has 0 aromatic heterocycles. The Hall–Kier alpha value is -0.213. The molecule has 0 saturated carbocycles. The van der Waals surface area contributed by atoms with Gasteiger partial charge in [0, 0.05) is 14.5 Å². The SMILES string of the molecule is C.C=CC(=O)OCCCCCCCC.CC.CC(C)(C[OH+]O)SC(=S)SC(C)(C)C(=O)O.[B].[NH]=[Al]. The maximum absolute atomic E-state index is 10.9. The number of aliphatic carboxylic acids is 1. The van der Waals surface area contributed by atoms with E-state index in [-0.39, 0.29) is 33.2 Å². The fraction of sp³-hybridized carbons (Fsp3) is 0.783. The molecule has 35 heavy (non-hydrogen) atoms. The van der Waals surface area contributed by atoms with Crippen LogP contribution in [0.5, 0.6) is 0 Å². The molecule has 12 heteroatoms. The Balaban J connectivity index is -0.000000101. The minimum atomic E-state index is -0.934. The Morgan fingerprint density at radius 3 is 1.94 bits per heavy atom. The van der Waals surface area contributed by atoms with E-state index in [0.717, 1.165) is 24.6 Å². The van der Waals surface area contributed by atoms with E-state index in [4.69, 9.17) is 31.7 Å². The molecule has 0 bridgehead atoms. The van der Waals surface area contributed by atoms with Crippen LogP contribution in [-0.4, -0.2) is 77.9 Å². The molecule has 4 radical (unpaired) electrons. The molecule has 0 aliphatic heterocycles. The molecule has 0 saturated heterocycles. The average molecular weight is 569 g/mol. The summed E-state index contributed by atoms with van der Waals surface area (Å²) in [6.45, 7) is 17.3. The number of hydrogen-bond acceptors (Lipinski definition) is 8. The Morgan fingerprint density at radius 1 is 1.09 bits per heavy atom. The van der Waals surface area contributed by atoms with Crippen molar-refractivity contribution < 1.29 is 29.6 Å². The summed E-state index contributed by atoms with van der Waals surface area (Å²) in [6.07, 6.45) is 8.47. The first kappa shape index (κ1) is 47.9. The summed E-state index contributed by atoms with van der Waals surface area (Å²) in [4.78, 5) is 24.6. The van der Waals surface area contributed by atoms with E-state index in [9.17, 15) is 9.59 Å². The van der Waals surface area contributed by atoms with Gasteiger partial charge in [-0.1, -0.05) is 103 Å². The third-order valence-corrected chi connectivity index (χ3v) is 6.27. The number of thioether (sulfide) groups is 2. The van der Waals surface area contributed by atoms with E-state index in [1.807, 2.05) is 27.7 Å². The van der Waals surface area contributed by atoms with Crippen molar-refractivity contribution in [3.8, 4) is 0 Å². The van der Waals surface area contributed by atoms with E-state index in [0.29, 0.717) is 10.1 Å². The van der Waals surface area contributed by atoms with Crippen molar-refractivity contribution >= 4 is 75.7 Å². The molecular weight excluding hydrogens is 520 g/mol. The number of aliphatic hydroxyl groups is 1. The number of ether oxygens (including phenoxy) is 1. The molecule has 0 atom stereocenters. The summed E-state index contributed by atoms with van der Waals surface area (Å²) in [5.41, 5.74) is 0. The summed E-state index contributed by atoms with van der Waals surface area (Å²) < 4.78 is 9.79. The number of thiocarbonyl (C=S) groups is 1. The molecule has 0 spiro atoms. The fourth-order valence-electron chi connectivity index (χ4n) is 1.82. The Morgan fingerprint density at radius 2 is 1.54 bits per heavy atom. The molecule has 204 valence electrons. The predicted molar refractivity (Wildman–Crippen MR) is 160 cm³/mol. The zero-order valence-corrected chi connectivity index (χ0v) is 25.5. The number of unbranched alkanes of at least 4 members (excludes halogenated alkanes) is 5. The van der Waals surface area contributed by atoms with Gasteiger partial charge in [0.25, 0.3) is 0 Å². The van der Waals surface area contributed by atoms with Gasteiger partial charge in [0.05, 0.1) is 11.4 Å². The molecule has 0 unspecified atom stereocenters. The third-order valence-electron chi connectivity index (χ3n) is 3.57. The standard InChI is InChI=1S/C11H20O2.C9H16O4S3.C2H6.CH4.Al.B.HN/c1-3-5-6-7-8-9-10-13-11(12)4-2;1-8(2,5-13-12)15-7(14)16-9(3,4)6(10)11;1-2;;;;/h4H,2-3,5-10H2,1H3;12H,5H2,1-4H3,(H,10,11);1-2H3;1H4;;;1H/p+1. The van der Waals surface area contributed by atoms with Crippen molar-refractivity contribution in [2.75, 3.05) is 13.2 Å². The first-order valence-corrected chi connectivity index (χ1v) is 13.6. The number of rotatable bonds is 13. The Labute approximate surface area is 238 Å². The van der Waals surface area contributed by atoms with Gasteiger partial charge in [-0.15, -0.1) is 5.26 Å². The van der Waals surface area contributed by atoms with Crippen molar-refractivity contribution in [1.29, 1.82) is 4.35 Å². The van der Waals surface area contributed by atoms with Crippen molar-refractivity contribution in [2.24, 2.45) is 0 Å². The molecule has 0 heterocycles. The molecule has 0 rings (SSSR count). The van der Waals surface area contributed by atoms with Crippen LogP contribution in [0.25, 0.3) is 0 Å². The molecule has 4 N–H and O–H groups in total. The van der Waals surface area contributed by atoms with Crippen molar-refractivity contribution in [3.63, 3.8) is 0 Å². The first-order valence-electron chi connectivity index (χ1n) is 11.0. The molecule has 0 aliphatic carbocycles. The average Bonchev–Trinajstić information content (AvgIpc) is 2.75. The third kappa shape index (κ3) is 36.0. The van der Waals surface area contributed by atoms with Gasteiger partial charge in [0.2, 0.25) is 0 Å². The van der Waals surface area contributed by atoms with E-state index >= 15 is 0 Å². The van der Waals surface area contributed by atoms with E-state index in [2.05, 4.69) is 18.4 Å². The van der Waals surface area contributed by atoms with Gasteiger partial charge >= 0.3 is 32.4 Å². The molecule has 0 aromatic carbocycles. The Bertz CT molecular complexity index is 541. The van der Waals surface area contributed by atoms with Crippen LogP contribution in [0.4, 0.5) is 0 Å². The molecule has 0 aliphatic rings. The van der Waals surface area contributed by atoms with Crippen molar-refractivity contribution in [3.05, 3.63) is 12.7 Å². The predicted octanol–water partition coefficient (Wildman–Crippen LogP) is 6.66. The van der Waals surface area contributed by atoms with Crippen molar-refractivity contribution in [1.82, 2.24) is 0 Å². The van der Waals surface area contributed by atoms with Gasteiger partial charge in [-0.3, -0.25) is 9.68 Å². The fourth-order valence-corrected chi connectivity index (χ4v) is 5.66. The van der Waals surface area contributed by atoms with Crippen LogP contribution in [-0.2, 0) is 14.3 Å². The van der Waals surface area contributed by atoms with Gasteiger partial charge in [0.1, 0.15) is 8.28 Å². The van der Waals surface area contributed by atoms with Gasteiger partial charge < -0.3 is 9.84 Å². The topological polar surface area (TPSA) is 120 Å². The second-order valence-electron chi connectivity index (χ2n) is 7.47. The van der Waals surface area contributed by atoms with Crippen LogP contribution >= 0.6 is 35.7 Å². The second-order valence-corrected chi connectivity index (χ2v) is 12.0. The van der Waals surface area contributed by atoms with Crippen LogP contribution in [0.3, 0.4) is 0 Å². The molecular formula is C23H48AlBNO6S3+. The number of carbonyl (C=O) groups excluding carboxylic acids is 1. The van der Waals surface area contributed by atoms with E-state index in [1.165, 1.54) is 43.5 Å². The molecule has 7 nitrogen and oxygen atoms in total. The summed E-state index contributed by atoms with van der Waals surface area (Å²) in [5, 5.41) is 17.4. The monoisotopic (exact) mass is 568 g/mol. The van der Waals surface area contributed by atoms with Crippen LogP contribution in [0.15, 0.2) is 12.7 Å². The minimum absolute atomic E-state index is 0. The van der Waals surface area contributed by atoms with Crippen LogP contribution in [0.2, 0.25) is 0 Å². The molecule has 0 fully saturated rings. The number of nitrogens with one attached hydrogen (secondary N) is 1. The van der Waals surface area contributed by atoms with Crippen LogP contribution in [0.1, 0.15) is 94.4 Å². The maximum atomic E-state index is 10.9. The summed E-state index contributed by atoms with van der Waals surface area (Å²) in [7, 11) is 0. The molecule has 0 amide bonds. The number of carboxylic acids is 1. The summed E-state index contributed by atoms with van der Waals surface area (Å²) >= 11 is 9.27. The Kier molecular flexibility index (Phi) is 43.6. The summed E-state index contributed by atoms with van der Waals surface area (Å²) in [5.74, 6) is -1.21. The van der Waals surface area contributed by atoms with Gasteiger partial charge in [-0.2, -0.15) is 0 Å². The van der Waals surface area contributed by atoms with Crippen molar-refractivity contribution in [2.45, 2.75) is 104 Å². The van der Waals surface area contributed by atoms with Crippen LogP contribution < -0.4 is 0 Å². The number of hydrogen-bond donors (Lipinski definition) is 3. The van der Waals surface area contributed by atoms with Gasteiger partial charge in [-0.25, -0.2) is 4.79 Å². The zero-order valence-electron chi connectivity index (χ0n) is 21.9. The van der Waals surface area contributed by atoms with Gasteiger partial charge in [0.15, 0.2) is 6.61 Å². The number of carbonyl (C=O) groups is 2. The van der Waals surface area contributed by atoms with Crippen LogP contribution in [0, 0.1) is 4.35 Å². The van der Waals surface area contributed by atoms with E-state index < -0.39 is 10.7 Å². The number of esters is 1. The summed E-state index contributed by atoms with van der Waals surface area (Å²) in [6, 6.07) is 0. The quantitative estimate of drug-likeness (QED) is 0.0330.